The molecule has 1 aromatic carbocycles. The van der Waals surface area contributed by atoms with Crippen LogP contribution < -0.4 is 5.32 Å². The summed E-state index contributed by atoms with van der Waals surface area (Å²) in [7, 11) is 1.99. The Kier molecular flexibility index (Phi) is 4.03. The molecule has 0 aliphatic rings. The monoisotopic (exact) mass is 299 g/mol. The summed E-state index contributed by atoms with van der Waals surface area (Å²) in [5.41, 5.74) is 1.87. The van der Waals surface area contributed by atoms with Gasteiger partial charge in [-0.2, -0.15) is 0 Å². The Hall–Kier alpha value is -2.11. The number of aliphatic hydroxyl groups is 1. The summed E-state index contributed by atoms with van der Waals surface area (Å²) in [4.78, 5) is 5.68. The Bertz CT molecular complexity index is 706. The molecule has 108 valence electrons. The topological polar surface area (TPSA) is 50.1 Å². The van der Waals surface area contributed by atoms with Crippen LogP contribution >= 0.6 is 11.3 Å². The highest BCUT2D eigenvalue weighted by Crippen LogP contribution is 2.29. The minimum atomic E-state index is -0.000979. The minimum Gasteiger partial charge on any atom is -0.392 e. The van der Waals surface area contributed by atoms with E-state index >= 15 is 0 Å². The maximum atomic E-state index is 9.27. The molecule has 0 aliphatic carbocycles. The molecule has 0 amide bonds. The largest absolute Gasteiger partial charge is 0.392 e. The summed E-state index contributed by atoms with van der Waals surface area (Å²) in [5, 5.41) is 14.8. The minimum absolute atomic E-state index is 0.000979. The van der Waals surface area contributed by atoms with E-state index in [-0.39, 0.29) is 12.6 Å². The van der Waals surface area contributed by atoms with Gasteiger partial charge < -0.3 is 15.0 Å². The van der Waals surface area contributed by atoms with Gasteiger partial charge in [-0.25, -0.2) is 4.98 Å². The summed E-state index contributed by atoms with van der Waals surface area (Å²) in [6.07, 6.45) is 3.75. The molecule has 0 aliphatic heterocycles. The molecule has 2 aromatic heterocycles. The van der Waals surface area contributed by atoms with E-state index < -0.39 is 0 Å². The van der Waals surface area contributed by atoms with Gasteiger partial charge in [0.2, 0.25) is 0 Å². The molecule has 5 heteroatoms. The first kappa shape index (κ1) is 13.9. The van der Waals surface area contributed by atoms with Gasteiger partial charge in [0.15, 0.2) is 0 Å². The van der Waals surface area contributed by atoms with E-state index in [2.05, 4.69) is 21.7 Å². The maximum Gasteiger partial charge on any atom is 0.136 e. The fraction of sp³-hybridized carbons (Fsp3) is 0.188. The van der Waals surface area contributed by atoms with Gasteiger partial charge >= 0.3 is 0 Å². The van der Waals surface area contributed by atoms with E-state index in [0.29, 0.717) is 0 Å². The van der Waals surface area contributed by atoms with Gasteiger partial charge in [0.25, 0.3) is 0 Å². The van der Waals surface area contributed by atoms with Crippen LogP contribution in [-0.2, 0) is 13.7 Å². The first-order chi connectivity index (χ1) is 10.3. The summed E-state index contributed by atoms with van der Waals surface area (Å²) >= 11 is 1.70. The van der Waals surface area contributed by atoms with Gasteiger partial charge in [0.1, 0.15) is 11.9 Å². The molecule has 4 nitrogen and oxygen atoms in total. The van der Waals surface area contributed by atoms with E-state index in [1.165, 1.54) is 4.88 Å². The summed E-state index contributed by atoms with van der Waals surface area (Å²) in [6, 6.07) is 12.0. The fourth-order valence-corrected chi connectivity index (χ4v) is 3.07. The number of hydrogen-bond acceptors (Lipinski definition) is 4. The number of nitrogens with one attached hydrogen (secondary N) is 1. The van der Waals surface area contributed by atoms with E-state index in [1.54, 1.807) is 11.3 Å². The first-order valence-corrected chi connectivity index (χ1v) is 7.63. The number of benzene rings is 1. The van der Waals surface area contributed by atoms with Crippen molar-refractivity contribution in [3.8, 4) is 0 Å². The molecule has 1 atom stereocenters. The highest BCUT2D eigenvalue weighted by atomic mass is 32.1. The number of imidazole rings is 1. The average molecular weight is 299 g/mol. The van der Waals surface area contributed by atoms with Crippen LogP contribution in [0.15, 0.2) is 54.2 Å². The predicted octanol–water partition coefficient (Wildman–Crippen LogP) is 3.18. The third-order valence-electron chi connectivity index (χ3n) is 3.36. The van der Waals surface area contributed by atoms with Crippen LogP contribution in [0.3, 0.4) is 0 Å². The molecule has 1 unspecified atom stereocenters. The summed E-state index contributed by atoms with van der Waals surface area (Å²) < 4.78 is 2.02. The smallest absolute Gasteiger partial charge is 0.136 e. The second-order valence-electron chi connectivity index (χ2n) is 4.85. The normalized spacial score (nSPS) is 12.3. The van der Waals surface area contributed by atoms with Crippen molar-refractivity contribution >= 4 is 17.0 Å². The zero-order valence-electron chi connectivity index (χ0n) is 11.7. The maximum absolute atomic E-state index is 9.27. The van der Waals surface area contributed by atoms with E-state index in [9.17, 15) is 5.11 Å². The van der Waals surface area contributed by atoms with Crippen molar-refractivity contribution in [3.63, 3.8) is 0 Å². The first-order valence-electron chi connectivity index (χ1n) is 6.75. The third-order valence-corrected chi connectivity index (χ3v) is 4.30. The standard InChI is InChI=1S/C16H17N3OS/c1-19-8-7-17-16(19)15(14-6-3-9-21-14)18-13-5-2-4-12(10-13)11-20/h2-10,15,18,20H,11H2,1H3. The fourth-order valence-electron chi connectivity index (χ4n) is 2.30. The molecule has 0 saturated carbocycles. The highest BCUT2D eigenvalue weighted by molar-refractivity contribution is 7.10. The number of aryl methyl sites for hydroxylation is 1. The summed E-state index contributed by atoms with van der Waals surface area (Å²) in [5.74, 6) is 0.965. The van der Waals surface area contributed by atoms with E-state index in [1.807, 2.05) is 54.3 Å². The Morgan fingerprint density at radius 2 is 2.24 bits per heavy atom. The molecule has 21 heavy (non-hydrogen) atoms. The van der Waals surface area contributed by atoms with Crippen molar-refractivity contribution in [1.29, 1.82) is 0 Å². The lowest BCUT2D eigenvalue weighted by atomic mass is 10.1. The van der Waals surface area contributed by atoms with Gasteiger partial charge in [-0.15, -0.1) is 11.3 Å². The van der Waals surface area contributed by atoms with Crippen molar-refractivity contribution in [2.75, 3.05) is 5.32 Å². The number of thiophene rings is 1. The number of anilines is 1. The number of aliphatic hydroxyl groups excluding tert-OH is 1. The van der Waals surface area contributed by atoms with Crippen LogP contribution in [0.1, 0.15) is 22.3 Å². The zero-order chi connectivity index (χ0) is 14.7. The molecular formula is C16H17N3OS. The Labute approximate surface area is 127 Å². The van der Waals surface area contributed by atoms with Crippen LogP contribution in [-0.4, -0.2) is 14.7 Å². The van der Waals surface area contributed by atoms with Gasteiger partial charge in [-0.3, -0.25) is 0 Å². The van der Waals surface area contributed by atoms with Gasteiger partial charge in [0, 0.05) is 30.0 Å². The van der Waals surface area contributed by atoms with Crippen molar-refractivity contribution in [2.45, 2.75) is 12.6 Å². The summed E-state index contributed by atoms with van der Waals surface area (Å²) in [6.45, 7) is 0.0432. The Morgan fingerprint density at radius 1 is 1.33 bits per heavy atom. The lowest BCUT2D eigenvalue weighted by Crippen LogP contribution is -2.15. The Morgan fingerprint density at radius 3 is 2.90 bits per heavy atom. The molecule has 0 bridgehead atoms. The van der Waals surface area contributed by atoms with Crippen LogP contribution in [0.2, 0.25) is 0 Å². The molecule has 0 spiro atoms. The zero-order valence-corrected chi connectivity index (χ0v) is 12.5. The quantitative estimate of drug-likeness (QED) is 0.761. The van der Waals surface area contributed by atoms with Gasteiger partial charge in [-0.05, 0) is 29.1 Å². The lowest BCUT2D eigenvalue weighted by molar-refractivity contribution is 0.282. The molecule has 2 heterocycles. The van der Waals surface area contributed by atoms with Crippen molar-refractivity contribution in [3.05, 3.63) is 70.4 Å². The predicted molar refractivity (Wildman–Crippen MR) is 85.4 cm³/mol. The van der Waals surface area contributed by atoms with Crippen LogP contribution in [0.5, 0.6) is 0 Å². The number of hydrogen-bond donors (Lipinski definition) is 2. The van der Waals surface area contributed by atoms with Crippen molar-refractivity contribution in [1.82, 2.24) is 9.55 Å². The molecule has 3 rings (SSSR count). The van der Waals surface area contributed by atoms with Crippen LogP contribution in [0, 0.1) is 0 Å². The van der Waals surface area contributed by atoms with Gasteiger partial charge in [0.05, 0.1) is 6.61 Å². The van der Waals surface area contributed by atoms with E-state index in [4.69, 9.17) is 0 Å². The molecule has 0 radical (unpaired) electrons. The molecule has 2 N–H and O–H groups in total. The SMILES string of the molecule is Cn1ccnc1C(Nc1cccc(CO)c1)c1cccs1. The highest BCUT2D eigenvalue weighted by Gasteiger charge is 2.19. The second kappa shape index (κ2) is 6.11. The lowest BCUT2D eigenvalue weighted by Gasteiger charge is -2.19. The Balaban J connectivity index is 1.95. The number of nitrogens with zero attached hydrogens (tertiary/aromatic N) is 2. The molecule has 0 saturated heterocycles. The molecular weight excluding hydrogens is 282 g/mol. The van der Waals surface area contributed by atoms with E-state index in [0.717, 1.165) is 17.1 Å². The molecule has 0 fully saturated rings. The van der Waals surface area contributed by atoms with Crippen molar-refractivity contribution in [2.24, 2.45) is 7.05 Å². The number of aromatic nitrogens is 2. The average Bonchev–Trinajstić information content (AvgIpc) is 3.17. The van der Waals surface area contributed by atoms with Crippen LogP contribution in [0.25, 0.3) is 0 Å². The molecule has 3 aromatic rings. The van der Waals surface area contributed by atoms with Gasteiger partial charge in [-0.1, -0.05) is 18.2 Å². The third kappa shape index (κ3) is 2.99. The number of rotatable bonds is 5. The second-order valence-corrected chi connectivity index (χ2v) is 5.83. The van der Waals surface area contributed by atoms with Crippen LogP contribution in [0.4, 0.5) is 5.69 Å². The van der Waals surface area contributed by atoms with Crippen molar-refractivity contribution < 1.29 is 5.11 Å².